The van der Waals surface area contributed by atoms with E-state index >= 15 is 0 Å². The molecule has 5 nitrogen and oxygen atoms in total. The van der Waals surface area contributed by atoms with E-state index in [-0.39, 0.29) is 17.7 Å². The second-order valence-corrected chi connectivity index (χ2v) is 5.55. The van der Waals surface area contributed by atoms with Gasteiger partial charge in [0, 0.05) is 12.2 Å². The van der Waals surface area contributed by atoms with E-state index in [1.165, 1.54) is 0 Å². The maximum Gasteiger partial charge on any atom is 0.326 e. The van der Waals surface area contributed by atoms with E-state index in [0.717, 1.165) is 11.3 Å². The molecule has 1 aromatic rings. The lowest BCUT2D eigenvalue weighted by Crippen LogP contribution is -2.44. The summed E-state index contributed by atoms with van der Waals surface area (Å²) < 4.78 is 0. The minimum absolute atomic E-state index is 0.213. The molecule has 2 rings (SSSR count). The van der Waals surface area contributed by atoms with Crippen molar-refractivity contribution in [1.29, 1.82) is 0 Å². The van der Waals surface area contributed by atoms with Crippen LogP contribution in [0.3, 0.4) is 0 Å². The second kappa shape index (κ2) is 5.94. The summed E-state index contributed by atoms with van der Waals surface area (Å²) in [6.45, 7) is 4.39. The Labute approximate surface area is 118 Å². The van der Waals surface area contributed by atoms with Crippen LogP contribution in [0.15, 0.2) is 24.3 Å². The number of anilines is 1. The fraction of sp³-hybridized carbons (Fsp3) is 0.467. The van der Waals surface area contributed by atoms with Gasteiger partial charge in [-0.25, -0.2) is 4.79 Å². The number of aliphatic carboxylic acids is 1. The van der Waals surface area contributed by atoms with Gasteiger partial charge in [0.05, 0.1) is 5.92 Å². The summed E-state index contributed by atoms with van der Waals surface area (Å²) in [7, 11) is 0. The molecule has 0 saturated carbocycles. The lowest BCUT2D eigenvalue weighted by molar-refractivity contribution is -0.142. The van der Waals surface area contributed by atoms with Crippen molar-refractivity contribution in [1.82, 2.24) is 5.32 Å². The molecule has 0 radical (unpaired) electrons. The molecule has 2 atom stereocenters. The average molecular weight is 276 g/mol. The number of benzene rings is 1. The summed E-state index contributed by atoms with van der Waals surface area (Å²) in [6, 6.07) is 6.79. The first kappa shape index (κ1) is 14.4. The Balaban J connectivity index is 2.07. The van der Waals surface area contributed by atoms with Gasteiger partial charge in [-0.05, 0) is 24.0 Å². The van der Waals surface area contributed by atoms with Gasteiger partial charge in [-0.3, -0.25) is 4.79 Å². The largest absolute Gasteiger partial charge is 0.480 e. The number of hydrogen-bond donors (Lipinski definition) is 3. The molecule has 5 heteroatoms. The van der Waals surface area contributed by atoms with Crippen LogP contribution in [0.4, 0.5) is 5.69 Å². The van der Waals surface area contributed by atoms with E-state index < -0.39 is 12.0 Å². The number of carboxylic acids is 1. The summed E-state index contributed by atoms with van der Waals surface area (Å²) in [4.78, 5) is 23.5. The number of para-hydroxylation sites is 1. The molecular formula is C15H20N2O3. The van der Waals surface area contributed by atoms with Gasteiger partial charge in [0.25, 0.3) is 0 Å². The minimum Gasteiger partial charge on any atom is -0.480 e. The molecule has 1 aliphatic rings. The summed E-state index contributed by atoms with van der Waals surface area (Å²) >= 11 is 0. The van der Waals surface area contributed by atoms with Crippen molar-refractivity contribution in [2.24, 2.45) is 5.92 Å². The van der Waals surface area contributed by atoms with Gasteiger partial charge in [0.15, 0.2) is 0 Å². The standard InChI is InChI=1S/C15H20N2O3/c1-9(2)7-13(15(19)20)17-14(18)11-8-16-12-6-4-3-5-10(11)12/h3-6,9,11,13,16H,7-8H2,1-2H3,(H,17,18)(H,19,20)/t11?,13-/m0/s1. The van der Waals surface area contributed by atoms with Gasteiger partial charge in [0.1, 0.15) is 6.04 Å². The number of carbonyl (C=O) groups excluding carboxylic acids is 1. The molecule has 1 unspecified atom stereocenters. The number of rotatable bonds is 5. The molecule has 0 bridgehead atoms. The fourth-order valence-electron chi connectivity index (χ4n) is 2.48. The SMILES string of the molecule is CC(C)C[C@H](NC(=O)C1CNc2ccccc21)C(=O)O. The number of nitrogens with one attached hydrogen (secondary N) is 2. The molecule has 1 aliphatic heterocycles. The second-order valence-electron chi connectivity index (χ2n) is 5.55. The molecular weight excluding hydrogens is 256 g/mol. The van der Waals surface area contributed by atoms with E-state index in [9.17, 15) is 14.7 Å². The van der Waals surface area contributed by atoms with Crippen LogP contribution in [-0.4, -0.2) is 29.6 Å². The van der Waals surface area contributed by atoms with Crippen molar-refractivity contribution in [3.05, 3.63) is 29.8 Å². The maximum absolute atomic E-state index is 12.3. The zero-order valence-electron chi connectivity index (χ0n) is 11.7. The first-order chi connectivity index (χ1) is 9.49. The zero-order valence-corrected chi connectivity index (χ0v) is 11.7. The number of hydrogen-bond acceptors (Lipinski definition) is 3. The normalized spacial score (nSPS) is 18.2. The van der Waals surface area contributed by atoms with Gasteiger partial charge in [-0.2, -0.15) is 0 Å². The molecule has 108 valence electrons. The molecule has 0 saturated heterocycles. The Bertz CT molecular complexity index is 514. The zero-order chi connectivity index (χ0) is 14.7. The van der Waals surface area contributed by atoms with Gasteiger partial charge < -0.3 is 15.7 Å². The highest BCUT2D eigenvalue weighted by Crippen LogP contribution is 2.31. The van der Waals surface area contributed by atoms with Crippen molar-refractivity contribution >= 4 is 17.6 Å². The van der Waals surface area contributed by atoms with Crippen LogP contribution in [0.2, 0.25) is 0 Å². The van der Waals surface area contributed by atoms with Crippen molar-refractivity contribution in [2.75, 3.05) is 11.9 Å². The smallest absolute Gasteiger partial charge is 0.326 e. The highest BCUT2D eigenvalue weighted by molar-refractivity contribution is 5.91. The monoisotopic (exact) mass is 276 g/mol. The lowest BCUT2D eigenvalue weighted by atomic mass is 9.98. The third-order valence-corrected chi connectivity index (χ3v) is 3.47. The minimum atomic E-state index is -0.980. The fourth-order valence-corrected chi connectivity index (χ4v) is 2.48. The molecule has 1 aromatic carbocycles. The summed E-state index contributed by atoms with van der Waals surface area (Å²) in [5.74, 6) is -1.31. The van der Waals surface area contributed by atoms with Crippen molar-refractivity contribution < 1.29 is 14.7 Å². The predicted molar refractivity (Wildman–Crippen MR) is 76.7 cm³/mol. The summed E-state index contributed by atoms with van der Waals surface area (Å²) in [5.41, 5.74) is 1.88. The Kier molecular flexibility index (Phi) is 4.27. The summed E-state index contributed by atoms with van der Waals surface area (Å²) in [5, 5.41) is 15.0. The topological polar surface area (TPSA) is 78.4 Å². The van der Waals surface area contributed by atoms with Crippen LogP contribution < -0.4 is 10.6 Å². The highest BCUT2D eigenvalue weighted by atomic mass is 16.4. The Morgan fingerprint density at radius 1 is 1.40 bits per heavy atom. The quantitative estimate of drug-likeness (QED) is 0.766. The molecule has 0 spiro atoms. The number of fused-ring (bicyclic) bond motifs is 1. The van der Waals surface area contributed by atoms with Crippen LogP contribution in [-0.2, 0) is 9.59 Å². The van der Waals surface area contributed by atoms with Crippen molar-refractivity contribution in [2.45, 2.75) is 32.2 Å². The Morgan fingerprint density at radius 2 is 2.10 bits per heavy atom. The van der Waals surface area contributed by atoms with Gasteiger partial charge in [-0.1, -0.05) is 32.0 Å². The number of amides is 1. The van der Waals surface area contributed by atoms with E-state index in [2.05, 4.69) is 10.6 Å². The van der Waals surface area contributed by atoms with Crippen LogP contribution in [0.1, 0.15) is 31.7 Å². The van der Waals surface area contributed by atoms with Crippen LogP contribution >= 0.6 is 0 Å². The van der Waals surface area contributed by atoms with E-state index in [1.54, 1.807) is 0 Å². The van der Waals surface area contributed by atoms with Gasteiger partial charge >= 0.3 is 5.97 Å². The summed E-state index contributed by atoms with van der Waals surface area (Å²) in [6.07, 6.45) is 0.433. The van der Waals surface area contributed by atoms with Crippen LogP contribution in [0.25, 0.3) is 0 Å². The van der Waals surface area contributed by atoms with Crippen molar-refractivity contribution in [3.8, 4) is 0 Å². The third kappa shape index (κ3) is 3.10. The predicted octanol–water partition coefficient (Wildman–Crippen LogP) is 1.81. The molecule has 1 amide bonds. The maximum atomic E-state index is 12.3. The molecule has 1 heterocycles. The lowest BCUT2D eigenvalue weighted by Gasteiger charge is -2.19. The van der Waals surface area contributed by atoms with E-state index in [0.29, 0.717) is 13.0 Å². The van der Waals surface area contributed by atoms with Gasteiger partial charge in [0.2, 0.25) is 5.91 Å². The van der Waals surface area contributed by atoms with Crippen LogP contribution in [0, 0.1) is 5.92 Å². The van der Waals surface area contributed by atoms with Crippen molar-refractivity contribution in [3.63, 3.8) is 0 Å². The third-order valence-electron chi connectivity index (χ3n) is 3.47. The highest BCUT2D eigenvalue weighted by Gasteiger charge is 2.31. The Morgan fingerprint density at radius 3 is 2.75 bits per heavy atom. The molecule has 3 N–H and O–H groups in total. The first-order valence-electron chi connectivity index (χ1n) is 6.85. The Hall–Kier alpha value is -2.04. The molecule has 20 heavy (non-hydrogen) atoms. The van der Waals surface area contributed by atoms with Gasteiger partial charge in [-0.15, -0.1) is 0 Å². The van der Waals surface area contributed by atoms with E-state index in [4.69, 9.17) is 0 Å². The average Bonchev–Trinajstić information content (AvgIpc) is 2.81. The molecule has 0 aromatic heterocycles. The number of carbonyl (C=O) groups is 2. The number of carboxylic acid groups (broad SMARTS) is 1. The van der Waals surface area contributed by atoms with Crippen LogP contribution in [0.5, 0.6) is 0 Å². The van der Waals surface area contributed by atoms with E-state index in [1.807, 2.05) is 38.1 Å². The first-order valence-corrected chi connectivity index (χ1v) is 6.85. The molecule has 0 aliphatic carbocycles. The molecule has 0 fully saturated rings.